The van der Waals surface area contributed by atoms with Gasteiger partial charge >= 0.3 is 0 Å². The van der Waals surface area contributed by atoms with Gasteiger partial charge in [0.25, 0.3) is 0 Å². The van der Waals surface area contributed by atoms with Crippen molar-refractivity contribution in [3.8, 4) is 0 Å². The third kappa shape index (κ3) is 1.63. The SMILES string of the molecule is Sc1ccc(CCl)c2c(Br)csc12. The predicted octanol–water partition coefficient (Wildman–Crippen LogP) is 4.69. The quantitative estimate of drug-likeness (QED) is 0.572. The first-order valence-corrected chi connectivity index (χ1v) is 6.33. The molecule has 0 aliphatic heterocycles. The molecule has 0 spiro atoms. The molecule has 1 heterocycles. The van der Waals surface area contributed by atoms with Gasteiger partial charge in [-0.3, -0.25) is 0 Å². The maximum atomic E-state index is 5.85. The van der Waals surface area contributed by atoms with Gasteiger partial charge in [-0.25, -0.2) is 0 Å². The van der Waals surface area contributed by atoms with Crippen molar-refractivity contribution in [2.45, 2.75) is 10.8 Å². The Morgan fingerprint density at radius 1 is 1.46 bits per heavy atom. The molecule has 0 unspecified atom stereocenters. The molecule has 1 aromatic heterocycles. The van der Waals surface area contributed by atoms with Gasteiger partial charge in [0.15, 0.2) is 0 Å². The van der Waals surface area contributed by atoms with Crippen molar-refractivity contribution in [2.24, 2.45) is 0 Å². The lowest BCUT2D eigenvalue weighted by Crippen LogP contribution is -1.79. The molecule has 1 aromatic carbocycles. The molecule has 0 saturated carbocycles. The lowest BCUT2D eigenvalue weighted by molar-refractivity contribution is 1.42. The highest BCUT2D eigenvalue weighted by Gasteiger charge is 2.08. The molecule has 2 rings (SSSR count). The Bertz CT molecular complexity index is 450. The number of rotatable bonds is 1. The zero-order valence-corrected chi connectivity index (χ0v) is 10.6. The normalized spacial score (nSPS) is 11.0. The minimum absolute atomic E-state index is 0.542. The second kappa shape index (κ2) is 3.81. The lowest BCUT2D eigenvalue weighted by Gasteiger charge is -2.01. The number of thiophene rings is 1. The molecule has 13 heavy (non-hydrogen) atoms. The molecule has 0 aliphatic carbocycles. The molecule has 0 atom stereocenters. The first-order chi connectivity index (χ1) is 6.24. The maximum Gasteiger partial charge on any atom is 0.0490 e. The molecule has 0 N–H and O–H groups in total. The summed E-state index contributed by atoms with van der Waals surface area (Å²) in [6.45, 7) is 0. The molecule has 68 valence electrons. The van der Waals surface area contributed by atoms with Crippen LogP contribution in [0.15, 0.2) is 26.9 Å². The second-order valence-corrected chi connectivity index (χ2v) is 5.15. The molecule has 0 amide bonds. The first-order valence-electron chi connectivity index (χ1n) is 3.67. The molecule has 0 radical (unpaired) electrons. The molecule has 2 aromatic rings. The van der Waals surface area contributed by atoms with E-state index in [1.807, 2.05) is 12.1 Å². The zero-order valence-electron chi connectivity index (χ0n) is 6.55. The Labute approximate surface area is 99.4 Å². The summed E-state index contributed by atoms with van der Waals surface area (Å²) in [6.07, 6.45) is 0. The van der Waals surface area contributed by atoms with Gasteiger partial charge < -0.3 is 0 Å². The number of benzene rings is 1. The second-order valence-electron chi connectivity index (χ2n) is 2.67. The third-order valence-electron chi connectivity index (χ3n) is 1.89. The van der Waals surface area contributed by atoms with E-state index in [2.05, 4.69) is 33.9 Å². The van der Waals surface area contributed by atoms with Crippen molar-refractivity contribution in [3.63, 3.8) is 0 Å². The van der Waals surface area contributed by atoms with Crippen LogP contribution in [0.4, 0.5) is 0 Å². The molecule has 0 saturated heterocycles. The minimum Gasteiger partial charge on any atom is -0.142 e. The van der Waals surface area contributed by atoms with Crippen LogP contribution < -0.4 is 0 Å². The van der Waals surface area contributed by atoms with Crippen LogP contribution in [0.2, 0.25) is 0 Å². The Morgan fingerprint density at radius 3 is 2.92 bits per heavy atom. The van der Waals surface area contributed by atoms with Gasteiger partial charge in [-0.1, -0.05) is 6.07 Å². The third-order valence-corrected chi connectivity index (χ3v) is 4.64. The van der Waals surface area contributed by atoms with E-state index in [9.17, 15) is 0 Å². The van der Waals surface area contributed by atoms with Crippen molar-refractivity contribution < 1.29 is 0 Å². The number of halogens is 2. The summed E-state index contributed by atoms with van der Waals surface area (Å²) in [5.74, 6) is 0.542. The summed E-state index contributed by atoms with van der Waals surface area (Å²) >= 11 is 15.4. The summed E-state index contributed by atoms with van der Waals surface area (Å²) in [4.78, 5) is 1.01. The van der Waals surface area contributed by atoms with Gasteiger partial charge in [0, 0.05) is 30.7 Å². The van der Waals surface area contributed by atoms with Gasteiger partial charge in [0.05, 0.1) is 0 Å². The fourth-order valence-electron chi connectivity index (χ4n) is 1.27. The van der Waals surface area contributed by atoms with E-state index in [0.29, 0.717) is 5.88 Å². The fourth-order valence-corrected chi connectivity index (χ4v) is 3.59. The number of hydrogen-bond acceptors (Lipinski definition) is 2. The van der Waals surface area contributed by atoms with E-state index in [-0.39, 0.29) is 0 Å². The Balaban J connectivity index is 2.88. The molecule has 4 heteroatoms. The van der Waals surface area contributed by atoms with Gasteiger partial charge in [0.1, 0.15) is 0 Å². The molecule has 0 bridgehead atoms. The molecule has 0 fully saturated rings. The average molecular weight is 294 g/mol. The minimum atomic E-state index is 0.542. The van der Waals surface area contributed by atoms with Crippen molar-refractivity contribution in [2.75, 3.05) is 0 Å². The van der Waals surface area contributed by atoms with Gasteiger partial charge in [-0.05, 0) is 27.6 Å². The van der Waals surface area contributed by atoms with Crippen LogP contribution in [0.25, 0.3) is 10.1 Å². The smallest absolute Gasteiger partial charge is 0.0490 e. The van der Waals surface area contributed by atoms with Crippen LogP contribution in [-0.4, -0.2) is 0 Å². The lowest BCUT2D eigenvalue weighted by atomic mass is 10.1. The number of fused-ring (bicyclic) bond motifs is 1. The highest BCUT2D eigenvalue weighted by molar-refractivity contribution is 9.10. The highest BCUT2D eigenvalue weighted by Crippen LogP contribution is 2.37. The predicted molar refractivity (Wildman–Crippen MR) is 66.3 cm³/mol. The summed E-state index contributed by atoms with van der Waals surface area (Å²) in [5, 5.41) is 3.27. The summed E-state index contributed by atoms with van der Waals surface area (Å²) in [6, 6.07) is 4.02. The van der Waals surface area contributed by atoms with Crippen molar-refractivity contribution in [1.82, 2.24) is 0 Å². The van der Waals surface area contributed by atoms with E-state index in [4.69, 9.17) is 11.6 Å². The largest absolute Gasteiger partial charge is 0.142 e. The van der Waals surface area contributed by atoms with E-state index in [1.165, 1.54) is 10.1 Å². The first kappa shape index (κ1) is 9.84. The van der Waals surface area contributed by atoms with Crippen molar-refractivity contribution in [3.05, 3.63) is 27.5 Å². The standard InChI is InChI=1S/C9H6BrClS2/c10-6-4-13-9-7(12)2-1-5(3-11)8(6)9/h1-2,4,12H,3H2. The van der Waals surface area contributed by atoms with Crippen LogP contribution >= 0.6 is 51.5 Å². The van der Waals surface area contributed by atoms with Crippen LogP contribution in [0.1, 0.15) is 5.56 Å². The zero-order chi connectivity index (χ0) is 9.42. The summed E-state index contributed by atoms with van der Waals surface area (Å²) in [5.41, 5.74) is 1.16. The van der Waals surface area contributed by atoms with Crippen molar-refractivity contribution in [1.29, 1.82) is 0 Å². The fraction of sp³-hybridized carbons (Fsp3) is 0.111. The van der Waals surface area contributed by atoms with Gasteiger partial charge in [-0.2, -0.15) is 0 Å². The number of thiol groups is 1. The average Bonchev–Trinajstić information content (AvgIpc) is 2.51. The van der Waals surface area contributed by atoms with Crippen LogP contribution in [-0.2, 0) is 5.88 Å². The maximum absolute atomic E-state index is 5.85. The van der Waals surface area contributed by atoms with Crippen molar-refractivity contribution >= 4 is 61.6 Å². The summed E-state index contributed by atoms with van der Waals surface area (Å²) < 4.78 is 2.31. The Kier molecular flexibility index (Phi) is 2.88. The van der Waals surface area contributed by atoms with E-state index < -0.39 is 0 Å². The highest BCUT2D eigenvalue weighted by atomic mass is 79.9. The topological polar surface area (TPSA) is 0 Å². The van der Waals surface area contributed by atoms with E-state index in [1.54, 1.807) is 11.3 Å². The monoisotopic (exact) mass is 292 g/mol. The van der Waals surface area contributed by atoms with Crippen LogP contribution in [0, 0.1) is 0 Å². The molecule has 0 nitrogen and oxygen atoms in total. The Hall–Kier alpha value is 0.300. The van der Waals surface area contributed by atoms with E-state index in [0.717, 1.165) is 14.9 Å². The van der Waals surface area contributed by atoms with Gasteiger partial charge in [-0.15, -0.1) is 35.6 Å². The Morgan fingerprint density at radius 2 is 2.23 bits per heavy atom. The van der Waals surface area contributed by atoms with E-state index >= 15 is 0 Å². The number of alkyl halides is 1. The van der Waals surface area contributed by atoms with Crippen LogP contribution in [0.5, 0.6) is 0 Å². The molecule has 0 aliphatic rings. The number of hydrogen-bond donors (Lipinski definition) is 1. The van der Waals surface area contributed by atoms with Crippen LogP contribution in [0.3, 0.4) is 0 Å². The molecular weight excluding hydrogens is 288 g/mol. The van der Waals surface area contributed by atoms with Gasteiger partial charge in [0.2, 0.25) is 0 Å². The molecular formula is C9H6BrClS2. The summed E-state index contributed by atoms with van der Waals surface area (Å²) in [7, 11) is 0.